The minimum Gasteiger partial charge on any atom is -0.481 e. The summed E-state index contributed by atoms with van der Waals surface area (Å²) in [7, 11) is 0. The zero-order valence-electron chi connectivity index (χ0n) is 8.25. The van der Waals surface area contributed by atoms with Crippen LogP contribution in [0.2, 0.25) is 0 Å². The summed E-state index contributed by atoms with van der Waals surface area (Å²) in [5.41, 5.74) is 2.73. The standard InChI is InChI=1S/C11H10ClNO2/c1-7-8(4-11(14)15)2-3-9(6-13)10(7)5-12/h2-3H,4-5H2,1H3,(H,14,15). The predicted octanol–water partition coefficient (Wildman–Crippen LogP) is 2.23. The van der Waals surface area contributed by atoms with E-state index in [0.29, 0.717) is 11.1 Å². The molecule has 0 aromatic heterocycles. The molecule has 1 rings (SSSR count). The second-order valence-electron chi connectivity index (χ2n) is 3.19. The van der Waals surface area contributed by atoms with Crippen molar-refractivity contribution < 1.29 is 9.90 Å². The molecule has 4 heteroatoms. The van der Waals surface area contributed by atoms with Crippen LogP contribution in [0, 0.1) is 18.3 Å². The molecule has 0 fully saturated rings. The van der Waals surface area contributed by atoms with Gasteiger partial charge >= 0.3 is 5.97 Å². The third kappa shape index (κ3) is 2.48. The molecule has 0 unspecified atom stereocenters. The summed E-state index contributed by atoms with van der Waals surface area (Å²) in [6.45, 7) is 1.79. The number of halogens is 1. The molecule has 0 aliphatic carbocycles. The highest BCUT2D eigenvalue weighted by Gasteiger charge is 2.10. The number of rotatable bonds is 3. The minimum absolute atomic E-state index is 0.0402. The molecule has 3 nitrogen and oxygen atoms in total. The molecule has 0 aliphatic rings. The van der Waals surface area contributed by atoms with Crippen molar-refractivity contribution in [2.75, 3.05) is 0 Å². The molecular weight excluding hydrogens is 214 g/mol. The number of carboxylic acids is 1. The molecular formula is C11H10ClNO2. The highest BCUT2D eigenvalue weighted by molar-refractivity contribution is 6.17. The third-order valence-corrected chi connectivity index (χ3v) is 2.57. The molecule has 0 amide bonds. The van der Waals surface area contributed by atoms with Gasteiger partial charge in [0.1, 0.15) is 0 Å². The average Bonchev–Trinajstić information content (AvgIpc) is 2.20. The average molecular weight is 224 g/mol. The van der Waals surface area contributed by atoms with E-state index in [2.05, 4.69) is 0 Å². The first-order valence-electron chi connectivity index (χ1n) is 4.39. The molecule has 0 saturated heterocycles. The number of carbonyl (C=O) groups is 1. The molecule has 1 aromatic rings. The Morgan fingerprint density at radius 2 is 2.27 bits per heavy atom. The molecule has 0 heterocycles. The first kappa shape index (κ1) is 11.5. The Hall–Kier alpha value is -1.53. The number of alkyl halides is 1. The Balaban J connectivity index is 3.24. The number of hydrogen-bond donors (Lipinski definition) is 1. The quantitative estimate of drug-likeness (QED) is 0.800. The monoisotopic (exact) mass is 223 g/mol. The number of benzene rings is 1. The zero-order chi connectivity index (χ0) is 11.4. The van der Waals surface area contributed by atoms with Crippen LogP contribution in [-0.4, -0.2) is 11.1 Å². The summed E-state index contributed by atoms with van der Waals surface area (Å²) in [5.74, 6) is -0.661. The van der Waals surface area contributed by atoms with Gasteiger partial charge in [0, 0.05) is 5.88 Å². The van der Waals surface area contributed by atoms with Crippen LogP contribution in [-0.2, 0) is 17.1 Å². The highest BCUT2D eigenvalue weighted by atomic mass is 35.5. The van der Waals surface area contributed by atoms with Crippen molar-refractivity contribution in [1.82, 2.24) is 0 Å². The minimum atomic E-state index is -0.886. The second kappa shape index (κ2) is 4.81. The highest BCUT2D eigenvalue weighted by Crippen LogP contribution is 2.20. The number of nitriles is 1. The first-order valence-corrected chi connectivity index (χ1v) is 4.92. The van der Waals surface area contributed by atoms with E-state index in [1.54, 1.807) is 19.1 Å². The molecule has 0 bridgehead atoms. The molecule has 78 valence electrons. The summed E-state index contributed by atoms with van der Waals surface area (Å²) < 4.78 is 0. The van der Waals surface area contributed by atoms with Crippen molar-refractivity contribution in [3.63, 3.8) is 0 Å². The van der Waals surface area contributed by atoms with E-state index in [-0.39, 0.29) is 12.3 Å². The Labute approximate surface area is 92.9 Å². The second-order valence-corrected chi connectivity index (χ2v) is 3.46. The lowest BCUT2D eigenvalue weighted by Gasteiger charge is -2.09. The van der Waals surface area contributed by atoms with Crippen LogP contribution < -0.4 is 0 Å². The van der Waals surface area contributed by atoms with Crippen molar-refractivity contribution >= 4 is 17.6 Å². The molecule has 0 aliphatic heterocycles. The van der Waals surface area contributed by atoms with Crippen molar-refractivity contribution in [3.05, 3.63) is 34.4 Å². The van der Waals surface area contributed by atoms with E-state index >= 15 is 0 Å². The van der Waals surface area contributed by atoms with Gasteiger partial charge in [0.25, 0.3) is 0 Å². The van der Waals surface area contributed by atoms with Gasteiger partial charge in [0.15, 0.2) is 0 Å². The largest absolute Gasteiger partial charge is 0.481 e. The number of aliphatic carboxylic acids is 1. The molecule has 0 spiro atoms. The zero-order valence-corrected chi connectivity index (χ0v) is 9.01. The Morgan fingerprint density at radius 3 is 2.73 bits per heavy atom. The number of hydrogen-bond acceptors (Lipinski definition) is 2. The van der Waals surface area contributed by atoms with E-state index < -0.39 is 5.97 Å². The van der Waals surface area contributed by atoms with Gasteiger partial charge in [0.05, 0.1) is 18.1 Å². The maximum atomic E-state index is 10.6. The van der Waals surface area contributed by atoms with Crippen molar-refractivity contribution in [2.24, 2.45) is 0 Å². The van der Waals surface area contributed by atoms with Gasteiger partial charge in [-0.05, 0) is 29.7 Å². The topological polar surface area (TPSA) is 61.1 Å². The summed E-state index contributed by atoms with van der Waals surface area (Å²) >= 11 is 5.73. The van der Waals surface area contributed by atoms with Crippen LogP contribution in [0.5, 0.6) is 0 Å². The van der Waals surface area contributed by atoms with Gasteiger partial charge < -0.3 is 5.11 Å². The van der Waals surface area contributed by atoms with Crippen LogP contribution in [0.3, 0.4) is 0 Å². The fourth-order valence-corrected chi connectivity index (χ4v) is 1.78. The van der Waals surface area contributed by atoms with Gasteiger partial charge in [0.2, 0.25) is 0 Å². The maximum absolute atomic E-state index is 10.6. The molecule has 1 aromatic carbocycles. The van der Waals surface area contributed by atoms with E-state index in [9.17, 15) is 4.79 Å². The molecule has 0 atom stereocenters. The van der Waals surface area contributed by atoms with Gasteiger partial charge in [-0.2, -0.15) is 5.26 Å². The van der Waals surface area contributed by atoms with E-state index in [1.165, 1.54) is 0 Å². The Kier molecular flexibility index (Phi) is 3.70. The predicted molar refractivity (Wildman–Crippen MR) is 56.8 cm³/mol. The van der Waals surface area contributed by atoms with E-state index in [1.807, 2.05) is 6.07 Å². The van der Waals surface area contributed by atoms with Gasteiger partial charge in [-0.3, -0.25) is 4.79 Å². The number of nitrogens with zero attached hydrogens (tertiary/aromatic N) is 1. The summed E-state index contributed by atoms with van der Waals surface area (Å²) in [5, 5.41) is 17.5. The number of carboxylic acid groups (broad SMARTS) is 1. The lowest BCUT2D eigenvalue weighted by atomic mass is 9.97. The van der Waals surface area contributed by atoms with Crippen molar-refractivity contribution in [3.8, 4) is 6.07 Å². The van der Waals surface area contributed by atoms with Crippen LogP contribution in [0.15, 0.2) is 12.1 Å². The van der Waals surface area contributed by atoms with Crippen LogP contribution in [0.25, 0.3) is 0 Å². The summed E-state index contributed by atoms with van der Waals surface area (Å²) in [4.78, 5) is 10.6. The van der Waals surface area contributed by atoms with Crippen LogP contribution >= 0.6 is 11.6 Å². The van der Waals surface area contributed by atoms with Gasteiger partial charge in [-0.15, -0.1) is 11.6 Å². The first-order chi connectivity index (χ1) is 7.10. The lowest BCUT2D eigenvalue weighted by molar-refractivity contribution is -0.136. The molecule has 1 N–H and O–H groups in total. The van der Waals surface area contributed by atoms with Crippen LogP contribution in [0.4, 0.5) is 0 Å². The fourth-order valence-electron chi connectivity index (χ4n) is 1.44. The third-order valence-electron chi connectivity index (χ3n) is 2.31. The summed E-state index contributed by atoms with van der Waals surface area (Å²) in [6, 6.07) is 5.31. The van der Waals surface area contributed by atoms with Crippen molar-refractivity contribution in [1.29, 1.82) is 5.26 Å². The van der Waals surface area contributed by atoms with Crippen molar-refractivity contribution in [2.45, 2.75) is 19.2 Å². The van der Waals surface area contributed by atoms with Crippen LogP contribution in [0.1, 0.15) is 22.3 Å². The Morgan fingerprint density at radius 1 is 1.60 bits per heavy atom. The molecule has 0 radical (unpaired) electrons. The Bertz CT molecular complexity index is 435. The van der Waals surface area contributed by atoms with E-state index in [4.69, 9.17) is 22.0 Å². The van der Waals surface area contributed by atoms with E-state index in [0.717, 1.165) is 11.1 Å². The van der Waals surface area contributed by atoms with Gasteiger partial charge in [-0.1, -0.05) is 6.07 Å². The maximum Gasteiger partial charge on any atom is 0.307 e. The summed E-state index contributed by atoms with van der Waals surface area (Å²) in [6.07, 6.45) is -0.0402. The molecule has 0 saturated carbocycles. The SMILES string of the molecule is Cc1c(CC(=O)O)ccc(C#N)c1CCl. The smallest absolute Gasteiger partial charge is 0.307 e. The lowest BCUT2D eigenvalue weighted by Crippen LogP contribution is -2.04. The fraction of sp³-hybridized carbons (Fsp3) is 0.273. The normalized spacial score (nSPS) is 9.67. The van der Waals surface area contributed by atoms with Gasteiger partial charge in [-0.25, -0.2) is 0 Å². The molecule has 15 heavy (non-hydrogen) atoms.